The number of aromatic nitrogens is 2. The number of allylic oxidation sites excluding steroid dienone is 1. The summed E-state index contributed by atoms with van der Waals surface area (Å²) in [6.07, 6.45) is 12.0. The number of ether oxygens (including phenoxy) is 1. The number of anilines is 1. The molecular formula is C20H22N4O2. The van der Waals surface area contributed by atoms with E-state index in [-0.39, 0.29) is 17.7 Å². The number of carbonyl (C=O) groups excluding carboxylic acids is 1. The smallest absolute Gasteiger partial charge is 0.257 e. The normalized spacial score (nSPS) is 17.0. The van der Waals surface area contributed by atoms with Crippen molar-refractivity contribution in [2.75, 3.05) is 4.90 Å². The zero-order valence-corrected chi connectivity index (χ0v) is 15.1. The molecule has 0 spiro atoms. The summed E-state index contributed by atoms with van der Waals surface area (Å²) in [5.41, 5.74) is 1.72. The first kappa shape index (κ1) is 17.8. The molecule has 0 bridgehead atoms. The molecule has 1 unspecified atom stereocenters. The average Bonchev–Trinajstić information content (AvgIpc) is 2.63. The van der Waals surface area contributed by atoms with Crippen LogP contribution in [0, 0.1) is 0 Å². The van der Waals surface area contributed by atoms with E-state index in [0.29, 0.717) is 11.3 Å². The Labute approximate surface area is 153 Å². The molecule has 6 heteroatoms. The van der Waals surface area contributed by atoms with Gasteiger partial charge in [-0.1, -0.05) is 0 Å². The molecule has 0 fully saturated rings. The van der Waals surface area contributed by atoms with Crippen LogP contribution in [0.4, 0.5) is 5.69 Å². The second kappa shape index (κ2) is 7.49. The molecule has 0 aromatic carbocycles. The van der Waals surface area contributed by atoms with Gasteiger partial charge in [-0.05, 0) is 57.2 Å². The van der Waals surface area contributed by atoms with Gasteiger partial charge in [-0.2, -0.15) is 0 Å². The number of rotatable bonds is 4. The van der Waals surface area contributed by atoms with E-state index in [1.54, 1.807) is 30.7 Å². The van der Waals surface area contributed by atoms with Crippen LogP contribution < -0.4 is 10.2 Å². The monoisotopic (exact) mass is 350 g/mol. The molecule has 1 N–H and O–H groups in total. The van der Waals surface area contributed by atoms with E-state index in [1.807, 2.05) is 56.2 Å². The van der Waals surface area contributed by atoms with E-state index >= 15 is 0 Å². The van der Waals surface area contributed by atoms with Gasteiger partial charge in [0.1, 0.15) is 0 Å². The number of nitrogens with one attached hydrogen (secondary N) is 1. The fraction of sp³-hybridized carbons (Fsp3) is 0.250. The summed E-state index contributed by atoms with van der Waals surface area (Å²) in [5, 5.41) is 2.90. The van der Waals surface area contributed by atoms with Gasteiger partial charge in [-0.3, -0.25) is 14.8 Å². The van der Waals surface area contributed by atoms with Gasteiger partial charge in [0.2, 0.25) is 0 Å². The lowest BCUT2D eigenvalue weighted by Gasteiger charge is -2.36. The van der Waals surface area contributed by atoms with Crippen molar-refractivity contribution in [2.24, 2.45) is 0 Å². The molecule has 134 valence electrons. The van der Waals surface area contributed by atoms with Crippen molar-refractivity contribution in [3.63, 3.8) is 0 Å². The summed E-state index contributed by atoms with van der Waals surface area (Å²) in [6.45, 7) is 6.02. The molecule has 1 aliphatic heterocycles. The Morgan fingerprint density at radius 1 is 1.15 bits per heavy atom. The highest BCUT2D eigenvalue weighted by Crippen LogP contribution is 2.25. The van der Waals surface area contributed by atoms with Crippen LogP contribution in [0.15, 0.2) is 73.1 Å². The number of carbonyl (C=O) groups is 1. The van der Waals surface area contributed by atoms with Gasteiger partial charge >= 0.3 is 0 Å². The third-order valence-electron chi connectivity index (χ3n) is 3.59. The maximum Gasteiger partial charge on any atom is 0.257 e. The van der Waals surface area contributed by atoms with E-state index in [4.69, 9.17) is 4.74 Å². The predicted octanol–water partition coefficient (Wildman–Crippen LogP) is 3.27. The summed E-state index contributed by atoms with van der Waals surface area (Å²) in [5.74, 6) is -0.213. The number of nitrogens with zero attached hydrogens (tertiary/aromatic N) is 3. The van der Waals surface area contributed by atoms with Crippen LogP contribution in [0.5, 0.6) is 0 Å². The van der Waals surface area contributed by atoms with Crippen molar-refractivity contribution < 1.29 is 9.53 Å². The molecular weight excluding hydrogens is 328 g/mol. The molecule has 2 aromatic heterocycles. The molecule has 3 heterocycles. The standard InChI is InChI=1S/C20H22N4O2/c1-20(2,3)26-18-9-8-16(14-24(18)17-7-5-11-22-13-17)23-19(25)15-6-4-10-21-12-15/h4-14,18H,1-3H3,(H,23,25). The van der Waals surface area contributed by atoms with Crippen molar-refractivity contribution in [2.45, 2.75) is 32.6 Å². The Hall–Kier alpha value is -2.99. The second-order valence-corrected chi connectivity index (χ2v) is 6.88. The Balaban J connectivity index is 1.83. The highest BCUT2D eigenvalue weighted by molar-refractivity contribution is 5.95. The zero-order chi connectivity index (χ0) is 18.6. The average molecular weight is 350 g/mol. The quantitative estimate of drug-likeness (QED) is 0.917. The van der Waals surface area contributed by atoms with Gasteiger partial charge in [-0.25, -0.2) is 0 Å². The Kier molecular flexibility index (Phi) is 5.14. The number of pyridine rings is 2. The first-order valence-electron chi connectivity index (χ1n) is 8.40. The van der Waals surface area contributed by atoms with E-state index < -0.39 is 0 Å². The molecule has 1 atom stereocenters. The summed E-state index contributed by atoms with van der Waals surface area (Å²) in [4.78, 5) is 22.5. The fourth-order valence-electron chi connectivity index (χ4n) is 2.51. The largest absolute Gasteiger partial charge is 0.349 e. The van der Waals surface area contributed by atoms with Crippen LogP contribution in [0.25, 0.3) is 0 Å². The summed E-state index contributed by atoms with van der Waals surface area (Å²) in [6, 6.07) is 7.26. The molecule has 0 saturated heterocycles. The third kappa shape index (κ3) is 4.55. The molecule has 1 aliphatic rings. The number of hydrogen-bond donors (Lipinski definition) is 1. The van der Waals surface area contributed by atoms with Gasteiger partial charge in [0.25, 0.3) is 5.91 Å². The number of hydrogen-bond acceptors (Lipinski definition) is 5. The summed E-state index contributed by atoms with van der Waals surface area (Å²) < 4.78 is 6.13. The van der Waals surface area contributed by atoms with Gasteiger partial charge in [0, 0.05) is 24.8 Å². The highest BCUT2D eigenvalue weighted by Gasteiger charge is 2.25. The molecule has 3 rings (SSSR count). The third-order valence-corrected chi connectivity index (χ3v) is 3.59. The fourth-order valence-corrected chi connectivity index (χ4v) is 2.51. The van der Waals surface area contributed by atoms with Gasteiger partial charge in [0.15, 0.2) is 6.23 Å². The Morgan fingerprint density at radius 3 is 2.50 bits per heavy atom. The summed E-state index contributed by atoms with van der Waals surface area (Å²) >= 11 is 0. The molecule has 26 heavy (non-hydrogen) atoms. The molecule has 0 aliphatic carbocycles. The van der Waals surface area contributed by atoms with E-state index in [1.165, 1.54) is 6.20 Å². The molecule has 2 aromatic rings. The Bertz CT molecular complexity index is 811. The van der Waals surface area contributed by atoms with Crippen molar-refractivity contribution in [1.29, 1.82) is 0 Å². The van der Waals surface area contributed by atoms with E-state index in [9.17, 15) is 4.79 Å². The molecule has 0 saturated carbocycles. The van der Waals surface area contributed by atoms with E-state index in [2.05, 4.69) is 15.3 Å². The SMILES string of the molecule is CC(C)(C)OC1C=CC(NC(=O)c2cccnc2)=CN1c1cccnc1. The van der Waals surface area contributed by atoms with Crippen LogP contribution in [0.3, 0.4) is 0 Å². The van der Waals surface area contributed by atoms with Gasteiger partial charge < -0.3 is 15.0 Å². The van der Waals surface area contributed by atoms with Crippen molar-refractivity contribution in [3.05, 3.63) is 78.7 Å². The lowest BCUT2D eigenvalue weighted by Crippen LogP contribution is -2.40. The van der Waals surface area contributed by atoms with Crippen LogP contribution >= 0.6 is 0 Å². The summed E-state index contributed by atoms with van der Waals surface area (Å²) in [7, 11) is 0. The predicted molar refractivity (Wildman–Crippen MR) is 100 cm³/mol. The maximum atomic E-state index is 12.4. The van der Waals surface area contributed by atoms with Crippen molar-refractivity contribution in [1.82, 2.24) is 15.3 Å². The van der Waals surface area contributed by atoms with Crippen LogP contribution in [-0.2, 0) is 4.74 Å². The van der Waals surface area contributed by atoms with Gasteiger partial charge in [0.05, 0.1) is 28.7 Å². The first-order chi connectivity index (χ1) is 12.4. The number of amides is 1. The topological polar surface area (TPSA) is 67.3 Å². The second-order valence-electron chi connectivity index (χ2n) is 6.88. The molecule has 0 radical (unpaired) electrons. The van der Waals surface area contributed by atoms with Crippen molar-refractivity contribution in [3.8, 4) is 0 Å². The minimum atomic E-state index is -0.320. The maximum absolute atomic E-state index is 12.4. The minimum absolute atomic E-state index is 0.213. The minimum Gasteiger partial charge on any atom is -0.349 e. The van der Waals surface area contributed by atoms with Crippen molar-refractivity contribution >= 4 is 11.6 Å². The van der Waals surface area contributed by atoms with E-state index in [0.717, 1.165) is 5.69 Å². The van der Waals surface area contributed by atoms with Gasteiger partial charge in [-0.15, -0.1) is 0 Å². The Morgan fingerprint density at radius 2 is 1.88 bits per heavy atom. The van der Waals surface area contributed by atoms with Crippen LogP contribution in [0.1, 0.15) is 31.1 Å². The molecule has 6 nitrogen and oxygen atoms in total. The lowest BCUT2D eigenvalue weighted by atomic mass is 10.1. The first-order valence-corrected chi connectivity index (χ1v) is 8.40. The van der Waals surface area contributed by atoms with Crippen LogP contribution in [-0.4, -0.2) is 27.7 Å². The molecule has 1 amide bonds. The zero-order valence-electron chi connectivity index (χ0n) is 15.1. The van der Waals surface area contributed by atoms with Crippen LogP contribution in [0.2, 0.25) is 0 Å². The lowest BCUT2D eigenvalue weighted by molar-refractivity contribution is -0.0359. The highest BCUT2D eigenvalue weighted by atomic mass is 16.5.